The van der Waals surface area contributed by atoms with Crippen LogP contribution in [0.5, 0.6) is 0 Å². The Morgan fingerprint density at radius 2 is 1.44 bits per heavy atom. The second kappa shape index (κ2) is 28.7. The standard InChI is InChI=1S/C3H5NO.C2H4.2H3N/c1-2-3(4)5;1-2;;/h2H,1H2,(H2,4,5);1-2H2;2*1H3. The van der Waals surface area contributed by atoms with Crippen LogP contribution in [-0.4, -0.2) is 5.91 Å². The van der Waals surface area contributed by atoms with E-state index < -0.39 is 5.91 Å². The normalized spacial score (nSPS) is 4.00. The van der Waals surface area contributed by atoms with Gasteiger partial charge in [0, 0.05) is 0 Å². The van der Waals surface area contributed by atoms with Crippen LogP contribution in [0.15, 0.2) is 25.8 Å². The number of hydrogen-bond acceptors (Lipinski definition) is 3. The van der Waals surface area contributed by atoms with Gasteiger partial charge in [0.1, 0.15) is 0 Å². The lowest BCUT2D eigenvalue weighted by molar-refractivity contribution is -0.113. The van der Waals surface area contributed by atoms with Gasteiger partial charge in [0.2, 0.25) is 5.91 Å². The number of nitrogens with two attached hydrogens (primary N) is 1. The Morgan fingerprint density at radius 1 is 1.33 bits per heavy atom. The smallest absolute Gasteiger partial charge is 0.240 e. The minimum absolute atomic E-state index is 0. The molecular formula is C5H15N3O. The summed E-state index contributed by atoms with van der Waals surface area (Å²) in [6.45, 7) is 9.09. The van der Waals surface area contributed by atoms with Crippen LogP contribution >= 0.6 is 0 Å². The van der Waals surface area contributed by atoms with Crippen LogP contribution in [0.2, 0.25) is 0 Å². The third-order valence-corrected chi connectivity index (χ3v) is 0.201. The van der Waals surface area contributed by atoms with Crippen LogP contribution in [0.4, 0.5) is 0 Å². The minimum atomic E-state index is -0.481. The lowest BCUT2D eigenvalue weighted by atomic mass is 10.6. The molecule has 0 spiro atoms. The van der Waals surface area contributed by atoms with Gasteiger partial charge in [-0.25, -0.2) is 0 Å². The summed E-state index contributed by atoms with van der Waals surface area (Å²) >= 11 is 0. The van der Waals surface area contributed by atoms with Gasteiger partial charge >= 0.3 is 0 Å². The van der Waals surface area contributed by atoms with Crippen LogP contribution in [0.3, 0.4) is 0 Å². The van der Waals surface area contributed by atoms with Crippen molar-refractivity contribution in [3.8, 4) is 0 Å². The molecule has 0 heterocycles. The number of rotatable bonds is 1. The molecule has 0 saturated heterocycles. The number of amides is 1. The fourth-order valence-corrected chi connectivity index (χ4v) is 0. The van der Waals surface area contributed by atoms with Crippen molar-refractivity contribution in [3.05, 3.63) is 25.8 Å². The van der Waals surface area contributed by atoms with E-state index in [1.807, 2.05) is 0 Å². The zero-order valence-electron chi connectivity index (χ0n) is 5.60. The average Bonchev–Trinajstić information content (AvgIpc) is 1.73. The second-order valence-corrected chi connectivity index (χ2v) is 0.606. The van der Waals surface area contributed by atoms with Gasteiger partial charge in [0.15, 0.2) is 0 Å². The molecule has 0 fully saturated rings. The van der Waals surface area contributed by atoms with E-state index in [0.29, 0.717) is 0 Å². The van der Waals surface area contributed by atoms with Crippen molar-refractivity contribution in [1.82, 2.24) is 12.3 Å². The molecule has 0 unspecified atom stereocenters. The molecule has 0 aromatic carbocycles. The summed E-state index contributed by atoms with van der Waals surface area (Å²) in [5.41, 5.74) is 4.53. The van der Waals surface area contributed by atoms with E-state index in [1.165, 1.54) is 0 Å². The lowest BCUT2D eigenvalue weighted by Gasteiger charge is -1.65. The highest BCUT2D eigenvalue weighted by molar-refractivity contribution is 5.84. The number of carbonyl (C=O) groups excluding carboxylic acids is 1. The lowest BCUT2D eigenvalue weighted by Crippen LogP contribution is -2.04. The molecule has 0 aromatic rings. The Morgan fingerprint density at radius 3 is 1.44 bits per heavy atom. The van der Waals surface area contributed by atoms with Crippen molar-refractivity contribution in [3.63, 3.8) is 0 Å². The van der Waals surface area contributed by atoms with Gasteiger partial charge < -0.3 is 18.0 Å². The SMILES string of the molecule is C=C.C=CC(N)=O.N.N. The van der Waals surface area contributed by atoms with Crippen LogP contribution in [0.25, 0.3) is 0 Å². The van der Waals surface area contributed by atoms with E-state index in [1.54, 1.807) is 0 Å². The first-order valence-electron chi connectivity index (χ1n) is 1.69. The molecule has 0 aliphatic carbocycles. The maximum Gasteiger partial charge on any atom is 0.240 e. The molecule has 8 N–H and O–H groups in total. The fraction of sp³-hybridized carbons (Fsp3) is 0. The summed E-state index contributed by atoms with van der Waals surface area (Å²) in [5.74, 6) is -0.481. The first kappa shape index (κ1) is 24.8. The summed E-state index contributed by atoms with van der Waals surface area (Å²) in [7, 11) is 0. The van der Waals surface area contributed by atoms with E-state index in [-0.39, 0.29) is 12.3 Å². The molecular weight excluding hydrogens is 118 g/mol. The first-order valence-corrected chi connectivity index (χ1v) is 1.69. The molecule has 9 heavy (non-hydrogen) atoms. The molecule has 0 aliphatic rings. The molecule has 0 radical (unpaired) electrons. The minimum Gasteiger partial charge on any atom is -0.366 e. The third kappa shape index (κ3) is 215. The van der Waals surface area contributed by atoms with Crippen molar-refractivity contribution >= 4 is 5.91 Å². The summed E-state index contributed by atoms with van der Waals surface area (Å²) in [6.07, 6.45) is 1.06. The highest BCUT2D eigenvalue weighted by Gasteiger charge is 1.69. The van der Waals surface area contributed by atoms with Gasteiger partial charge in [0.25, 0.3) is 0 Å². The van der Waals surface area contributed by atoms with Crippen molar-refractivity contribution < 1.29 is 4.79 Å². The summed E-state index contributed by atoms with van der Waals surface area (Å²) in [6, 6.07) is 0. The maximum atomic E-state index is 9.47. The molecule has 0 rings (SSSR count). The summed E-state index contributed by atoms with van der Waals surface area (Å²) < 4.78 is 0. The van der Waals surface area contributed by atoms with Crippen LogP contribution < -0.4 is 18.0 Å². The maximum absolute atomic E-state index is 9.47. The Hall–Kier alpha value is -1.13. The summed E-state index contributed by atoms with van der Waals surface area (Å²) in [5, 5.41) is 0. The molecule has 1 amide bonds. The molecule has 56 valence electrons. The van der Waals surface area contributed by atoms with Crippen LogP contribution in [-0.2, 0) is 4.79 Å². The van der Waals surface area contributed by atoms with E-state index in [2.05, 4.69) is 25.5 Å². The second-order valence-electron chi connectivity index (χ2n) is 0.606. The molecule has 4 heteroatoms. The van der Waals surface area contributed by atoms with Crippen molar-refractivity contribution in [1.29, 1.82) is 0 Å². The van der Waals surface area contributed by atoms with Crippen molar-refractivity contribution in [2.75, 3.05) is 0 Å². The quantitative estimate of drug-likeness (QED) is 0.363. The van der Waals surface area contributed by atoms with Gasteiger partial charge in [-0.15, -0.1) is 13.2 Å². The van der Waals surface area contributed by atoms with Crippen molar-refractivity contribution in [2.45, 2.75) is 0 Å². The van der Waals surface area contributed by atoms with E-state index in [9.17, 15) is 4.79 Å². The number of carbonyl (C=O) groups is 1. The van der Waals surface area contributed by atoms with Gasteiger partial charge in [0.05, 0.1) is 0 Å². The van der Waals surface area contributed by atoms with Gasteiger partial charge in [-0.2, -0.15) is 0 Å². The van der Waals surface area contributed by atoms with Gasteiger partial charge in [-0.05, 0) is 6.08 Å². The number of hydrogen-bond donors (Lipinski definition) is 3. The zero-order chi connectivity index (χ0) is 6.28. The van der Waals surface area contributed by atoms with E-state index in [4.69, 9.17) is 0 Å². The topological polar surface area (TPSA) is 113 Å². The fourth-order valence-electron chi connectivity index (χ4n) is 0. The van der Waals surface area contributed by atoms with E-state index >= 15 is 0 Å². The highest BCUT2D eigenvalue weighted by Crippen LogP contribution is 1.48. The number of primary amides is 1. The Labute approximate surface area is 55.6 Å². The molecule has 0 saturated carbocycles. The first-order chi connectivity index (χ1) is 3.27. The average molecular weight is 133 g/mol. The largest absolute Gasteiger partial charge is 0.366 e. The Balaban J connectivity index is -0.0000000286. The molecule has 0 bridgehead atoms. The zero-order valence-corrected chi connectivity index (χ0v) is 5.60. The van der Waals surface area contributed by atoms with Crippen molar-refractivity contribution in [2.24, 2.45) is 5.73 Å². The van der Waals surface area contributed by atoms with Crippen LogP contribution in [0, 0.1) is 0 Å². The molecule has 0 atom stereocenters. The van der Waals surface area contributed by atoms with Crippen LogP contribution in [0.1, 0.15) is 0 Å². The predicted molar refractivity (Wildman–Crippen MR) is 40.7 cm³/mol. The molecule has 4 nitrogen and oxygen atoms in total. The molecule has 0 aliphatic heterocycles. The Bertz CT molecular complexity index is 72.6. The Kier molecular flexibility index (Phi) is 79.2. The summed E-state index contributed by atoms with van der Waals surface area (Å²) in [4.78, 5) is 9.47. The third-order valence-electron chi connectivity index (χ3n) is 0.201. The van der Waals surface area contributed by atoms with Gasteiger partial charge in [-0.1, -0.05) is 6.58 Å². The predicted octanol–water partition coefficient (Wildman–Crippen LogP) is 0.784. The monoisotopic (exact) mass is 133 g/mol. The van der Waals surface area contributed by atoms with E-state index in [0.717, 1.165) is 6.08 Å². The highest BCUT2D eigenvalue weighted by atomic mass is 16.1. The van der Waals surface area contributed by atoms with Gasteiger partial charge in [-0.3, -0.25) is 4.79 Å². The molecule has 0 aromatic heterocycles.